The maximum atomic E-state index is 10.7. The number of carboxylic acid groups (broad SMARTS) is 2. The summed E-state index contributed by atoms with van der Waals surface area (Å²) in [6.07, 6.45) is 1.46. The molecule has 1 unspecified atom stereocenters. The van der Waals surface area contributed by atoms with E-state index in [1.807, 2.05) is 0 Å². The Morgan fingerprint density at radius 2 is 2.05 bits per heavy atom. The molecule has 1 aliphatic carbocycles. The highest BCUT2D eigenvalue weighted by Gasteiger charge is 2.26. The number of nitrogens with zero attached hydrogens (tertiary/aromatic N) is 1. The molecule has 0 heterocycles. The molecule has 0 amide bonds. The molecule has 1 rings (SSSR count). The predicted octanol–water partition coefficient (Wildman–Crippen LogP) is 0.227. The second kappa shape index (κ2) is 9.04. The number of aliphatic carboxylic acids is 2. The average Bonchev–Trinajstić information content (AvgIpc) is 2.48. The lowest BCUT2D eigenvalue weighted by atomic mass is 9.89. The van der Waals surface area contributed by atoms with Gasteiger partial charge in [0.1, 0.15) is 6.54 Å². The van der Waals surface area contributed by atoms with E-state index in [9.17, 15) is 14.7 Å². The van der Waals surface area contributed by atoms with E-state index in [0.29, 0.717) is 43.0 Å². The molecule has 0 saturated carbocycles. The van der Waals surface area contributed by atoms with Crippen molar-refractivity contribution in [3.8, 4) is 0 Å². The molecule has 0 spiro atoms. The van der Waals surface area contributed by atoms with Gasteiger partial charge >= 0.3 is 11.9 Å². The molecular formula is C14H22N2O6. The molecule has 1 aliphatic rings. The summed E-state index contributed by atoms with van der Waals surface area (Å²) in [7, 11) is 1.48. The molecule has 22 heavy (non-hydrogen) atoms. The quantitative estimate of drug-likeness (QED) is 0.448. The minimum absolute atomic E-state index is 0.0381. The Bertz CT molecular complexity index is 472. The number of carboxylic acids is 2. The Hall–Kier alpha value is -2.09. The van der Waals surface area contributed by atoms with E-state index in [2.05, 4.69) is 10.3 Å². The van der Waals surface area contributed by atoms with Crippen molar-refractivity contribution in [2.75, 3.05) is 26.8 Å². The molecule has 8 heteroatoms. The van der Waals surface area contributed by atoms with E-state index in [-0.39, 0.29) is 25.5 Å². The summed E-state index contributed by atoms with van der Waals surface area (Å²) >= 11 is 0. The van der Waals surface area contributed by atoms with Crippen molar-refractivity contribution in [1.82, 2.24) is 5.32 Å². The first-order chi connectivity index (χ1) is 10.5. The number of carbonyl (C=O) groups is 2. The fraction of sp³-hybridized carbons (Fsp3) is 0.643. The van der Waals surface area contributed by atoms with Gasteiger partial charge in [0.05, 0.1) is 18.5 Å². The zero-order valence-electron chi connectivity index (χ0n) is 12.5. The van der Waals surface area contributed by atoms with Crippen LogP contribution in [0.4, 0.5) is 0 Å². The van der Waals surface area contributed by atoms with Crippen molar-refractivity contribution < 1.29 is 29.6 Å². The number of methoxy groups -OCH3 is 1. The van der Waals surface area contributed by atoms with Crippen LogP contribution in [0, 0.1) is 5.92 Å². The third-order valence-corrected chi connectivity index (χ3v) is 3.28. The van der Waals surface area contributed by atoms with Gasteiger partial charge in [0.25, 0.3) is 0 Å². The summed E-state index contributed by atoms with van der Waals surface area (Å²) in [5, 5.41) is 29.5. The number of rotatable bonds is 9. The lowest BCUT2D eigenvalue weighted by Crippen LogP contribution is -2.32. The van der Waals surface area contributed by atoms with E-state index >= 15 is 0 Å². The number of nitrogens with one attached hydrogen (secondary N) is 1. The van der Waals surface area contributed by atoms with Crippen LogP contribution in [0.5, 0.6) is 0 Å². The molecule has 0 fully saturated rings. The van der Waals surface area contributed by atoms with Crippen LogP contribution in [0.1, 0.15) is 25.7 Å². The molecular weight excluding hydrogens is 292 g/mol. The van der Waals surface area contributed by atoms with Crippen LogP contribution in [0.15, 0.2) is 16.4 Å². The maximum absolute atomic E-state index is 10.7. The van der Waals surface area contributed by atoms with Gasteiger partial charge in [0, 0.05) is 19.6 Å². The van der Waals surface area contributed by atoms with Gasteiger partial charge in [-0.05, 0) is 25.2 Å². The first-order valence-electron chi connectivity index (χ1n) is 7.07. The molecule has 4 N–H and O–H groups in total. The first-order valence-corrected chi connectivity index (χ1v) is 7.07. The Balaban J connectivity index is 2.85. The smallest absolute Gasteiger partial charge is 0.322 e. The van der Waals surface area contributed by atoms with Crippen molar-refractivity contribution >= 4 is 17.7 Å². The summed E-state index contributed by atoms with van der Waals surface area (Å²) < 4.78 is 5.32. The number of aliphatic hydroxyl groups excluding tert-OH is 1. The van der Waals surface area contributed by atoms with Gasteiger partial charge in [-0.1, -0.05) is 0 Å². The summed E-state index contributed by atoms with van der Waals surface area (Å²) in [5.41, 5.74) is 1.23. The van der Waals surface area contributed by atoms with Gasteiger partial charge in [-0.2, -0.15) is 0 Å². The third-order valence-electron chi connectivity index (χ3n) is 3.28. The zero-order chi connectivity index (χ0) is 16.5. The van der Waals surface area contributed by atoms with Crippen molar-refractivity contribution in [2.24, 2.45) is 10.9 Å². The largest absolute Gasteiger partial charge is 0.493 e. The van der Waals surface area contributed by atoms with E-state index in [4.69, 9.17) is 14.9 Å². The zero-order valence-corrected chi connectivity index (χ0v) is 12.5. The SMILES string of the molecule is COC1=C(NCC(=O)O)CC(CO)C/C1=N\CCCC(=O)O. The van der Waals surface area contributed by atoms with Crippen molar-refractivity contribution in [2.45, 2.75) is 25.7 Å². The topological polar surface area (TPSA) is 128 Å². The first kappa shape index (κ1) is 18.0. The molecule has 1 atom stereocenters. The molecule has 0 aromatic heterocycles. The van der Waals surface area contributed by atoms with Gasteiger partial charge in [-0.15, -0.1) is 0 Å². The number of aliphatic hydroxyl groups is 1. The number of allylic oxidation sites excluding steroid dienone is 2. The van der Waals surface area contributed by atoms with Crippen molar-refractivity contribution in [3.05, 3.63) is 11.5 Å². The molecule has 0 saturated heterocycles. The van der Waals surface area contributed by atoms with Crippen molar-refractivity contribution in [1.29, 1.82) is 0 Å². The molecule has 0 radical (unpaired) electrons. The lowest BCUT2D eigenvalue weighted by molar-refractivity contribution is -0.137. The molecule has 0 aliphatic heterocycles. The standard InChI is InChI=1S/C14H22N2O6/c1-22-14-10(15-4-2-3-12(18)19)5-9(8-17)6-11(14)16-7-13(20)21/h9,16-17H,2-8H2,1H3,(H,18,19)(H,20,21)/b15-10+. The lowest BCUT2D eigenvalue weighted by Gasteiger charge is -2.27. The Morgan fingerprint density at radius 1 is 1.32 bits per heavy atom. The van der Waals surface area contributed by atoms with Crippen LogP contribution in [-0.4, -0.2) is 59.8 Å². The number of hydrogen-bond donors (Lipinski definition) is 4. The summed E-state index contributed by atoms with van der Waals surface area (Å²) in [6.45, 7) is 0.0644. The highest BCUT2D eigenvalue weighted by atomic mass is 16.5. The van der Waals surface area contributed by atoms with Crippen LogP contribution in [-0.2, 0) is 14.3 Å². The van der Waals surface area contributed by atoms with Crippen molar-refractivity contribution in [3.63, 3.8) is 0 Å². The van der Waals surface area contributed by atoms with Crippen LogP contribution in [0.2, 0.25) is 0 Å². The molecule has 124 valence electrons. The second-order valence-electron chi connectivity index (χ2n) is 5.04. The van der Waals surface area contributed by atoms with E-state index in [1.165, 1.54) is 7.11 Å². The Kier molecular flexibility index (Phi) is 7.38. The fourth-order valence-corrected chi connectivity index (χ4v) is 2.28. The van der Waals surface area contributed by atoms with Gasteiger partial charge in [-0.3, -0.25) is 14.6 Å². The Morgan fingerprint density at radius 3 is 2.59 bits per heavy atom. The van der Waals surface area contributed by atoms with E-state index in [1.54, 1.807) is 0 Å². The third kappa shape index (κ3) is 5.72. The normalized spacial score (nSPS) is 20.1. The molecule has 0 bridgehead atoms. The predicted molar refractivity (Wildman–Crippen MR) is 78.7 cm³/mol. The number of ether oxygens (including phenoxy) is 1. The van der Waals surface area contributed by atoms with Gasteiger partial charge < -0.3 is 25.4 Å². The van der Waals surface area contributed by atoms with Gasteiger partial charge in [0.2, 0.25) is 0 Å². The summed E-state index contributed by atoms with van der Waals surface area (Å²) in [5.74, 6) is -1.44. The number of aliphatic imine (C=N–C) groups is 1. The van der Waals surface area contributed by atoms with Crippen LogP contribution >= 0.6 is 0 Å². The van der Waals surface area contributed by atoms with Crippen LogP contribution in [0.25, 0.3) is 0 Å². The van der Waals surface area contributed by atoms with Crippen LogP contribution < -0.4 is 5.32 Å². The second-order valence-corrected chi connectivity index (χ2v) is 5.04. The molecule has 0 aromatic carbocycles. The van der Waals surface area contributed by atoms with E-state index < -0.39 is 11.9 Å². The average molecular weight is 314 g/mol. The molecule has 0 aromatic rings. The van der Waals surface area contributed by atoms with Gasteiger partial charge in [0.15, 0.2) is 5.76 Å². The summed E-state index contributed by atoms with van der Waals surface area (Å²) in [6, 6.07) is 0. The maximum Gasteiger partial charge on any atom is 0.322 e. The number of hydrogen-bond acceptors (Lipinski definition) is 6. The Labute approximate surface area is 128 Å². The fourth-order valence-electron chi connectivity index (χ4n) is 2.28. The molecule has 8 nitrogen and oxygen atoms in total. The minimum atomic E-state index is -0.992. The van der Waals surface area contributed by atoms with Gasteiger partial charge in [-0.25, -0.2) is 0 Å². The minimum Gasteiger partial charge on any atom is -0.493 e. The highest BCUT2D eigenvalue weighted by Crippen LogP contribution is 2.26. The van der Waals surface area contributed by atoms with E-state index in [0.717, 1.165) is 0 Å². The van der Waals surface area contributed by atoms with Crippen LogP contribution in [0.3, 0.4) is 0 Å². The highest BCUT2D eigenvalue weighted by molar-refractivity contribution is 6.00. The monoisotopic (exact) mass is 314 g/mol. The summed E-state index contributed by atoms with van der Waals surface area (Å²) in [4.78, 5) is 25.5.